The van der Waals surface area contributed by atoms with Crippen molar-refractivity contribution in [3.63, 3.8) is 0 Å². The molecule has 110 valence electrons. The largest absolute Gasteiger partial charge is 0.508 e. The van der Waals surface area contributed by atoms with Gasteiger partial charge in [0.2, 0.25) is 5.91 Å². The summed E-state index contributed by atoms with van der Waals surface area (Å²) < 4.78 is 0. The van der Waals surface area contributed by atoms with Gasteiger partial charge in [0.05, 0.1) is 6.42 Å². The van der Waals surface area contributed by atoms with E-state index in [0.717, 1.165) is 16.9 Å². The van der Waals surface area contributed by atoms with Crippen molar-refractivity contribution in [2.24, 2.45) is 0 Å². The molecule has 0 unspecified atom stereocenters. The van der Waals surface area contributed by atoms with Crippen molar-refractivity contribution in [3.8, 4) is 5.75 Å². The third-order valence-electron chi connectivity index (χ3n) is 3.30. The van der Waals surface area contributed by atoms with Gasteiger partial charge in [-0.1, -0.05) is 18.2 Å². The molecule has 0 aliphatic carbocycles. The first-order chi connectivity index (χ1) is 9.97. The van der Waals surface area contributed by atoms with Gasteiger partial charge in [-0.3, -0.25) is 4.79 Å². The van der Waals surface area contributed by atoms with Crippen LogP contribution in [0, 0.1) is 6.92 Å². The van der Waals surface area contributed by atoms with Crippen LogP contribution in [0.4, 0.5) is 11.4 Å². The number of phenols is 1. The van der Waals surface area contributed by atoms with Crippen LogP contribution in [0.1, 0.15) is 11.1 Å². The quantitative estimate of drug-likeness (QED) is 0.907. The number of benzene rings is 2. The SMILES string of the molecule is Cc1cc(NC(=O)Cc2ccccc2O)ccc1N(C)C. The van der Waals surface area contributed by atoms with Crippen molar-refractivity contribution in [2.45, 2.75) is 13.3 Å². The predicted molar refractivity (Wildman–Crippen MR) is 85.9 cm³/mol. The van der Waals surface area contributed by atoms with E-state index in [4.69, 9.17) is 0 Å². The molecule has 0 aromatic heterocycles. The third kappa shape index (κ3) is 3.75. The van der Waals surface area contributed by atoms with Crippen molar-refractivity contribution >= 4 is 17.3 Å². The Morgan fingerprint density at radius 3 is 2.52 bits per heavy atom. The van der Waals surface area contributed by atoms with Gasteiger partial charge in [0.25, 0.3) is 0 Å². The van der Waals surface area contributed by atoms with E-state index in [1.165, 1.54) is 0 Å². The number of nitrogens with one attached hydrogen (secondary N) is 1. The number of aromatic hydroxyl groups is 1. The van der Waals surface area contributed by atoms with Crippen molar-refractivity contribution in [1.29, 1.82) is 0 Å². The van der Waals surface area contributed by atoms with E-state index in [0.29, 0.717) is 5.56 Å². The first kappa shape index (κ1) is 14.9. The van der Waals surface area contributed by atoms with Gasteiger partial charge < -0.3 is 15.3 Å². The highest BCUT2D eigenvalue weighted by molar-refractivity contribution is 5.93. The monoisotopic (exact) mass is 284 g/mol. The Morgan fingerprint density at radius 1 is 1.19 bits per heavy atom. The first-order valence-electron chi connectivity index (χ1n) is 6.82. The highest BCUT2D eigenvalue weighted by Gasteiger charge is 2.08. The molecule has 0 aliphatic rings. The Balaban J connectivity index is 2.06. The van der Waals surface area contributed by atoms with Crippen LogP contribution in [-0.4, -0.2) is 25.1 Å². The number of para-hydroxylation sites is 1. The van der Waals surface area contributed by atoms with E-state index in [1.807, 2.05) is 44.1 Å². The van der Waals surface area contributed by atoms with Gasteiger partial charge >= 0.3 is 0 Å². The summed E-state index contributed by atoms with van der Waals surface area (Å²) in [7, 11) is 3.97. The van der Waals surface area contributed by atoms with Crippen LogP contribution >= 0.6 is 0 Å². The standard InChI is InChI=1S/C17H20N2O2/c1-12-10-14(8-9-15(12)19(2)3)18-17(21)11-13-6-4-5-7-16(13)20/h4-10,20H,11H2,1-3H3,(H,18,21). The van der Waals surface area contributed by atoms with E-state index >= 15 is 0 Å². The molecule has 21 heavy (non-hydrogen) atoms. The molecule has 0 fully saturated rings. The zero-order valence-corrected chi connectivity index (χ0v) is 12.6. The minimum absolute atomic E-state index is 0.145. The van der Waals surface area contributed by atoms with E-state index in [2.05, 4.69) is 5.32 Å². The molecular formula is C17H20N2O2. The summed E-state index contributed by atoms with van der Waals surface area (Å²) in [5.74, 6) is 0.000268. The van der Waals surface area contributed by atoms with E-state index in [9.17, 15) is 9.90 Å². The summed E-state index contributed by atoms with van der Waals surface area (Å²) in [4.78, 5) is 14.1. The number of nitrogens with zero attached hydrogens (tertiary/aromatic N) is 1. The van der Waals surface area contributed by atoms with Crippen molar-refractivity contribution < 1.29 is 9.90 Å². The van der Waals surface area contributed by atoms with Gasteiger partial charge in [0.1, 0.15) is 5.75 Å². The van der Waals surface area contributed by atoms with Crippen LogP contribution in [0.25, 0.3) is 0 Å². The van der Waals surface area contributed by atoms with E-state index in [1.54, 1.807) is 24.3 Å². The molecule has 0 bridgehead atoms. The minimum atomic E-state index is -0.145. The second kappa shape index (κ2) is 6.31. The second-order valence-corrected chi connectivity index (χ2v) is 5.25. The number of anilines is 2. The van der Waals surface area contributed by atoms with Crippen molar-refractivity contribution in [2.75, 3.05) is 24.3 Å². The Hall–Kier alpha value is -2.49. The van der Waals surface area contributed by atoms with Crippen LogP contribution in [0.2, 0.25) is 0 Å². The summed E-state index contributed by atoms with van der Waals surface area (Å²) >= 11 is 0. The summed E-state index contributed by atoms with van der Waals surface area (Å²) in [5.41, 5.74) is 3.60. The molecular weight excluding hydrogens is 264 g/mol. The van der Waals surface area contributed by atoms with E-state index in [-0.39, 0.29) is 18.1 Å². The number of hydrogen-bond acceptors (Lipinski definition) is 3. The van der Waals surface area contributed by atoms with Gasteiger partial charge in [-0.25, -0.2) is 0 Å². The molecule has 0 saturated heterocycles. The molecule has 0 saturated carbocycles. The molecule has 0 atom stereocenters. The minimum Gasteiger partial charge on any atom is -0.508 e. The normalized spacial score (nSPS) is 10.2. The molecule has 0 spiro atoms. The zero-order chi connectivity index (χ0) is 15.4. The lowest BCUT2D eigenvalue weighted by molar-refractivity contribution is -0.115. The molecule has 2 aromatic carbocycles. The summed E-state index contributed by atoms with van der Waals surface area (Å²) in [6, 6.07) is 12.7. The number of rotatable bonds is 4. The fourth-order valence-corrected chi connectivity index (χ4v) is 2.27. The highest BCUT2D eigenvalue weighted by atomic mass is 16.3. The second-order valence-electron chi connectivity index (χ2n) is 5.25. The van der Waals surface area contributed by atoms with Crippen LogP contribution in [0.5, 0.6) is 5.75 Å². The number of aryl methyl sites for hydroxylation is 1. The number of carbonyl (C=O) groups excluding carboxylic acids is 1. The lowest BCUT2D eigenvalue weighted by Crippen LogP contribution is -2.15. The smallest absolute Gasteiger partial charge is 0.228 e. The van der Waals surface area contributed by atoms with Crippen LogP contribution in [-0.2, 0) is 11.2 Å². The van der Waals surface area contributed by atoms with E-state index < -0.39 is 0 Å². The summed E-state index contributed by atoms with van der Waals surface area (Å²) in [6.45, 7) is 2.01. The lowest BCUT2D eigenvalue weighted by Gasteiger charge is -2.16. The average Bonchev–Trinajstić information content (AvgIpc) is 2.41. The zero-order valence-electron chi connectivity index (χ0n) is 12.6. The molecule has 2 N–H and O–H groups in total. The molecule has 1 amide bonds. The summed E-state index contributed by atoms with van der Waals surface area (Å²) in [6.07, 6.45) is 0.154. The van der Waals surface area contributed by atoms with Gasteiger partial charge in [0.15, 0.2) is 0 Å². The highest BCUT2D eigenvalue weighted by Crippen LogP contribution is 2.22. The Kier molecular flexibility index (Phi) is 4.48. The summed E-state index contributed by atoms with van der Waals surface area (Å²) in [5, 5.41) is 12.5. The third-order valence-corrected chi connectivity index (χ3v) is 3.30. The van der Waals surface area contributed by atoms with Crippen LogP contribution in [0.15, 0.2) is 42.5 Å². The molecule has 4 nitrogen and oxygen atoms in total. The Bertz CT molecular complexity index is 651. The number of carbonyl (C=O) groups is 1. The van der Waals surface area contributed by atoms with Gasteiger partial charge in [-0.2, -0.15) is 0 Å². The predicted octanol–water partition coefficient (Wildman–Crippen LogP) is 2.95. The maximum Gasteiger partial charge on any atom is 0.228 e. The van der Waals surface area contributed by atoms with Gasteiger partial charge in [0, 0.05) is 31.0 Å². The topological polar surface area (TPSA) is 52.6 Å². The maximum absolute atomic E-state index is 12.0. The van der Waals surface area contributed by atoms with Crippen molar-refractivity contribution in [3.05, 3.63) is 53.6 Å². The lowest BCUT2D eigenvalue weighted by atomic mass is 10.1. The number of hydrogen-bond donors (Lipinski definition) is 2. The van der Waals surface area contributed by atoms with Crippen LogP contribution in [0.3, 0.4) is 0 Å². The van der Waals surface area contributed by atoms with Crippen LogP contribution < -0.4 is 10.2 Å². The average molecular weight is 284 g/mol. The molecule has 2 aromatic rings. The molecule has 4 heteroatoms. The molecule has 0 aliphatic heterocycles. The number of phenolic OH excluding ortho intramolecular Hbond substituents is 1. The van der Waals surface area contributed by atoms with Crippen molar-refractivity contribution in [1.82, 2.24) is 0 Å². The maximum atomic E-state index is 12.0. The Morgan fingerprint density at radius 2 is 1.90 bits per heavy atom. The molecule has 0 radical (unpaired) electrons. The molecule has 2 rings (SSSR count). The fourth-order valence-electron chi connectivity index (χ4n) is 2.27. The fraction of sp³-hybridized carbons (Fsp3) is 0.235. The first-order valence-corrected chi connectivity index (χ1v) is 6.82. The van der Waals surface area contributed by atoms with Gasteiger partial charge in [-0.15, -0.1) is 0 Å². The Labute approximate surface area is 125 Å². The number of amides is 1. The molecule has 0 heterocycles. The van der Waals surface area contributed by atoms with Gasteiger partial charge in [-0.05, 0) is 36.8 Å².